The number of rotatable bonds is 4. The normalized spacial score (nSPS) is 14.1. The number of hydrogen-bond donors (Lipinski definition) is 0. The van der Waals surface area contributed by atoms with Gasteiger partial charge in [-0.25, -0.2) is 4.98 Å². The van der Waals surface area contributed by atoms with Crippen LogP contribution in [-0.2, 0) is 0 Å². The van der Waals surface area contributed by atoms with Gasteiger partial charge in [-0.05, 0) is 41.9 Å². The Morgan fingerprint density at radius 2 is 1.14 bits per heavy atom. The molecule has 0 aliphatic carbocycles. The van der Waals surface area contributed by atoms with Crippen LogP contribution in [0.3, 0.4) is 0 Å². The molecule has 0 fully saturated rings. The molecule has 11 rings (SSSR count). The fourth-order valence-electron chi connectivity index (χ4n) is 7.08. The van der Waals surface area contributed by atoms with Crippen LogP contribution >= 0.6 is 0 Å². The van der Waals surface area contributed by atoms with Crippen molar-refractivity contribution in [3.8, 4) is 39.9 Å². The molecule has 6 nitrogen and oxygen atoms in total. The maximum atomic E-state index is 9.06. The zero-order chi connectivity index (χ0) is 40.4. The molecule has 0 unspecified atom stereocenters. The summed E-state index contributed by atoms with van der Waals surface area (Å²) in [5.74, 6) is 0.318. The van der Waals surface area contributed by atoms with E-state index in [0.29, 0.717) is 27.7 Å². The highest BCUT2D eigenvalue weighted by molar-refractivity contribution is 6.15. The average molecular weight is 663 g/mol. The standard InChI is InChI=1S/C45H26N4O2/c1-2-12-27(13-3-1)43-46-44(48-45(47-43)49-36-20-7-4-14-30(36)31-15-5-8-21-37(31)49)34-19-11-23-40-41(34)35-26-28(24-25-39(35)50-40)29-17-10-18-33-32-16-6-9-22-38(32)51-42(29)33/h1-26H/i4D,5D,7D,8D,14D,15D,20D,21D. The second-order valence-corrected chi connectivity index (χ2v) is 12.2. The fraction of sp³-hybridized carbons (Fsp3) is 0. The average Bonchev–Trinajstić information content (AvgIpc) is 3.96. The van der Waals surface area contributed by atoms with Crippen LogP contribution in [0.25, 0.3) is 106 Å². The van der Waals surface area contributed by atoms with Gasteiger partial charge in [0.2, 0.25) is 5.95 Å². The molecule has 7 aromatic carbocycles. The maximum Gasteiger partial charge on any atom is 0.238 e. The van der Waals surface area contributed by atoms with Gasteiger partial charge in [0.15, 0.2) is 11.6 Å². The quantitative estimate of drug-likeness (QED) is 0.188. The first-order valence-corrected chi connectivity index (χ1v) is 16.3. The van der Waals surface area contributed by atoms with E-state index in [-0.39, 0.29) is 39.4 Å². The summed E-state index contributed by atoms with van der Waals surface area (Å²) >= 11 is 0. The molecular formula is C45H26N4O2. The van der Waals surface area contributed by atoms with E-state index < -0.39 is 48.3 Å². The second-order valence-electron chi connectivity index (χ2n) is 12.2. The molecule has 0 atom stereocenters. The van der Waals surface area contributed by atoms with Crippen LogP contribution in [-0.4, -0.2) is 19.5 Å². The van der Waals surface area contributed by atoms with Crippen LogP contribution in [0, 0.1) is 0 Å². The summed E-state index contributed by atoms with van der Waals surface area (Å²) in [5, 5.41) is 3.37. The number of para-hydroxylation sites is 4. The molecule has 4 heterocycles. The van der Waals surface area contributed by atoms with Gasteiger partial charge in [-0.15, -0.1) is 0 Å². The summed E-state index contributed by atoms with van der Waals surface area (Å²) in [6.45, 7) is 0. The molecule has 4 aromatic heterocycles. The first-order valence-electron chi connectivity index (χ1n) is 20.3. The van der Waals surface area contributed by atoms with Crippen molar-refractivity contribution in [1.29, 1.82) is 0 Å². The molecular weight excluding hydrogens is 629 g/mol. The molecule has 0 aliphatic heterocycles. The SMILES string of the molecule is [2H]c1c([2H])c([2H])c2c(c1[2H])c1c([2H])c([2H])c([2H])c([2H])c1n2-c1nc(-c2ccccc2)nc(-c2cccc3oc4ccc(-c5cccc6c5oc5ccccc56)cc4c23)n1. The summed E-state index contributed by atoms with van der Waals surface area (Å²) in [4.78, 5) is 14.8. The third-order valence-electron chi connectivity index (χ3n) is 9.34. The smallest absolute Gasteiger partial charge is 0.238 e. The number of hydrogen-bond acceptors (Lipinski definition) is 5. The minimum absolute atomic E-state index is 0.0730. The minimum Gasteiger partial charge on any atom is -0.456 e. The van der Waals surface area contributed by atoms with Crippen molar-refractivity contribution in [2.24, 2.45) is 0 Å². The van der Waals surface area contributed by atoms with Crippen LogP contribution in [0.2, 0.25) is 0 Å². The molecule has 6 heteroatoms. The highest BCUT2D eigenvalue weighted by Gasteiger charge is 2.21. The van der Waals surface area contributed by atoms with Crippen molar-refractivity contribution in [3.05, 3.63) is 158 Å². The molecule has 11 aromatic rings. The Morgan fingerprint density at radius 1 is 0.471 bits per heavy atom. The van der Waals surface area contributed by atoms with E-state index in [0.717, 1.165) is 38.5 Å². The highest BCUT2D eigenvalue weighted by atomic mass is 16.3. The molecule has 0 bridgehead atoms. The van der Waals surface area contributed by atoms with Crippen LogP contribution in [0.1, 0.15) is 11.0 Å². The first kappa shape index (κ1) is 21.1. The number of aromatic nitrogens is 4. The molecule has 0 spiro atoms. The highest BCUT2D eigenvalue weighted by Crippen LogP contribution is 2.41. The van der Waals surface area contributed by atoms with Crippen molar-refractivity contribution in [3.63, 3.8) is 0 Å². The van der Waals surface area contributed by atoms with Gasteiger partial charge in [0.1, 0.15) is 22.3 Å². The lowest BCUT2D eigenvalue weighted by atomic mass is 9.99. The molecule has 0 amide bonds. The van der Waals surface area contributed by atoms with E-state index in [2.05, 4.69) is 0 Å². The van der Waals surface area contributed by atoms with Gasteiger partial charge in [0.05, 0.1) is 22.0 Å². The molecule has 238 valence electrons. The lowest BCUT2D eigenvalue weighted by molar-refractivity contribution is 0.668. The number of benzene rings is 7. The number of nitrogens with zero attached hydrogens (tertiary/aromatic N) is 4. The Bertz CT molecular complexity index is 3540. The predicted molar refractivity (Wildman–Crippen MR) is 205 cm³/mol. The van der Waals surface area contributed by atoms with Crippen molar-refractivity contribution in [2.45, 2.75) is 0 Å². The van der Waals surface area contributed by atoms with E-state index in [1.807, 2.05) is 109 Å². The monoisotopic (exact) mass is 662 g/mol. The third-order valence-corrected chi connectivity index (χ3v) is 9.34. The van der Waals surface area contributed by atoms with Gasteiger partial charge < -0.3 is 8.83 Å². The van der Waals surface area contributed by atoms with Crippen LogP contribution in [0.5, 0.6) is 0 Å². The second kappa shape index (κ2) is 10.7. The van der Waals surface area contributed by atoms with Crippen LogP contribution < -0.4 is 0 Å². The van der Waals surface area contributed by atoms with E-state index in [1.54, 1.807) is 0 Å². The van der Waals surface area contributed by atoms with E-state index >= 15 is 0 Å². The minimum atomic E-state index is -0.539. The van der Waals surface area contributed by atoms with E-state index in [4.69, 9.17) is 34.8 Å². The van der Waals surface area contributed by atoms with Crippen LogP contribution in [0.15, 0.2) is 166 Å². The zero-order valence-electron chi connectivity index (χ0n) is 34.5. The van der Waals surface area contributed by atoms with Crippen molar-refractivity contribution in [1.82, 2.24) is 19.5 Å². The lowest BCUT2D eigenvalue weighted by Crippen LogP contribution is -2.06. The molecule has 0 aliphatic rings. The van der Waals surface area contributed by atoms with E-state index in [1.165, 1.54) is 4.57 Å². The number of fused-ring (bicyclic) bond motifs is 9. The Hall–Kier alpha value is -7.05. The summed E-state index contributed by atoms with van der Waals surface area (Å²) in [5.41, 5.74) is 5.56. The third kappa shape index (κ3) is 4.20. The molecule has 0 N–H and O–H groups in total. The Kier molecular flexibility index (Phi) is 4.44. The Labute approximate surface area is 302 Å². The molecule has 0 radical (unpaired) electrons. The number of furan rings is 2. The van der Waals surface area contributed by atoms with E-state index in [9.17, 15) is 0 Å². The van der Waals surface area contributed by atoms with Gasteiger partial charge in [-0.3, -0.25) is 4.57 Å². The van der Waals surface area contributed by atoms with Gasteiger partial charge in [0.25, 0.3) is 0 Å². The van der Waals surface area contributed by atoms with Crippen LogP contribution in [0.4, 0.5) is 0 Å². The lowest BCUT2D eigenvalue weighted by Gasteiger charge is -2.11. The van der Waals surface area contributed by atoms with Crippen molar-refractivity contribution >= 4 is 65.7 Å². The topological polar surface area (TPSA) is 69.9 Å². The first-order chi connectivity index (χ1) is 28.6. The van der Waals surface area contributed by atoms with Gasteiger partial charge >= 0.3 is 0 Å². The predicted octanol–water partition coefficient (Wildman–Crippen LogP) is 11.8. The summed E-state index contributed by atoms with van der Waals surface area (Å²) in [6, 6.07) is 30.7. The Morgan fingerprint density at radius 3 is 1.98 bits per heavy atom. The van der Waals surface area contributed by atoms with Crippen molar-refractivity contribution < 1.29 is 19.8 Å². The summed E-state index contributed by atoms with van der Waals surface area (Å²) in [7, 11) is 0. The fourth-order valence-corrected chi connectivity index (χ4v) is 7.08. The Balaban J connectivity index is 1.22. The molecule has 0 saturated carbocycles. The van der Waals surface area contributed by atoms with Gasteiger partial charge in [-0.1, -0.05) is 121 Å². The largest absolute Gasteiger partial charge is 0.456 e. The van der Waals surface area contributed by atoms with Gasteiger partial charge in [0, 0.05) is 49.0 Å². The zero-order valence-corrected chi connectivity index (χ0v) is 26.5. The maximum absolute atomic E-state index is 9.06. The summed E-state index contributed by atoms with van der Waals surface area (Å²) in [6.07, 6.45) is 0. The van der Waals surface area contributed by atoms with Gasteiger partial charge in [-0.2, -0.15) is 9.97 Å². The molecule has 0 saturated heterocycles. The van der Waals surface area contributed by atoms with Crippen molar-refractivity contribution in [2.75, 3.05) is 0 Å². The molecule has 51 heavy (non-hydrogen) atoms. The summed E-state index contributed by atoms with van der Waals surface area (Å²) < 4.78 is 84.2.